The summed E-state index contributed by atoms with van der Waals surface area (Å²) in [6, 6.07) is 21.0. The van der Waals surface area contributed by atoms with Gasteiger partial charge in [0.1, 0.15) is 23.9 Å². The predicted molar refractivity (Wildman–Crippen MR) is 143 cm³/mol. The lowest BCUT2D eigenvalue weighted by molar-refractivity contribution is -0.140. The van der Waals surface area contributed by atoms with Gasteiger partial charge in [0.05, 0.1) is 24.3 Å². The first-order valence-corrected chi connectivity index (χ1v) is 12.2. The number of carbonyl (C=O) groups excluding carboxylic acids is 2. The fourth-order valence-corrected chi connectivity index (χ4v) is 4.43. The topological polar surface area (TPSA) is 79.3 Å². The van der Waals surface area contributed by atoms with Gasteiger partial charge in [-0.2, -0.15) is 0 Å². The molecule has 4 rings (SSSR count). The number of hydrogen-bond acceptors (Lipinski definition) is 6. The van der Waals surface area contributed by atoms with Gasteiger partial charge in [-0.25, -0.2) is 0 Å². The Labute approximate surface area is 221 Å². The van der Waals surface area contributed by atoms with Crippen LogP contribution in [-0.2, 0) is 16.2 Å². The molecule has 0 aromatic heterocycles. The van der Waals surface area contributed by atoms with Crippen molar-refractivity contribution in [2.75, 3.05) is 34.3 Å². The molecule has 37 heavy (non-hydrogen) atoms. The summed E-state index contributed by atoms with van der Waals surface area (Å²) in [5.41, 5.74) is 1.95. The van der Waals surface area contributed by atoms with Crippen molar-refractivity contribution in [2.24, 2.45) is 0 Å². The minimum atomic E-state index is -0.785. The number of hydrogen-bond donors (Lipinski definition) is 1. The van der Waals surface area contributed by atoms with Gasteiger partial charge < -0.3 is 24.4 Å². The molecule has 1 amide bonds. The van der Waals surface area contributed by atoms with E-state index in [2.05, 4.69) is 0 Å². The SMILES string of the molecule is COc1ccc(Cl)cc1/C(O)=C1\C(=O)C(=O)N(CCN(C)C)C1c1ccc(OCc2ccccc2)cc1. The molecule has 192 valence electrons. The van der Waals surface area contributed by atoms with E-state index in [1.165, 1.54) is 18.1 Å². The van der Waals surface area contributed by atoms with E-state index in [-0.39, 0.29) is 16.9 Å². The number of aliphatic hydroxyl groups excluding tert-OH is 1. The smallest absolute Gasteiger partial charge is 0.295 e. The second-order valence-corrected chi connectivity index (χ2v) is 9.42. The number of halogens is 1. The molecule has 1 fully saturated rings. The van der Waals surface area contributed by atoms with Crippen LogP contribution in [0, 0.1) is 0 Å². The van der Waals surface area contributed by atoms with E-state index < -0.39 is 17.7 Å². The van der Waals surface area contributed by atoms with Gasteiger partial charge in [0.2, 0.25) is 0 Å². The standard InChI is InChI=1S/C29H29ClN2O5/c1-31(2)15-16-32-26(20-9-12-22(13-10-20)37-18-19-7-5-4-6-8-19)25(28(34)29(32)35)27(33)23-17-21(30)11-14-24(23)36-3/h4-14,17,26,33H,15-16,18H2,1-3H3/b27-25+. The second kappa shape index (κ2) is 11.5. The maximum Gasteiger partial charge on any atom is 0.295 e. The number of amides is 1. The highest BCUT2D eigenvalue weighted by molar-refractivity contribution is 6.46. The van der Waals surface area contributed by atoms with Gasteiger partial charge >= 0.3 is 0 Å². The van der Waals surface area contributed by atoms with E-state index in [4.69, 9.17) is 21.1 Å². The van der Waals surface area contributed by atoms with Gasteiger partial charge in [0, 0.05) is 18.1 Å². The molecule has 7 nitrogen and oxygen atoms in total. The molecule has 3 aromatic rings. The highest BCUT2D eigenvalue weighted by Gasteiger charge is 2.46. The van der Waals surface area contributed by atoms with Crippen molar-refractivity contribution in [1.82, 2.24) is 9.80 Å². The number of rotatable bonds is 9. The van der Waals surface area contributed by atoms with Crippen LogP contribution in [0.15, 0.2) is 78.4 Å². The Balaban J connectivity index is 1.73. The minimum absolute atomic E-state index is 0.0118. The number of likely N-dealkylation sites (tertiary alicyclic amines) is 1. The summed E-state index contributed by atoms with van der Waals surface area (Å²) < 4.78 is 11.3. The summed E-state index contributed by atoms with van der Waals surface area (Å²) in [5, 5.41) is 11.7. The van der Waals surface area contributed by atoms with Crippen LogP contribution in [0.2, 0.25) is 5.02 Å². The van der Waals surface area contributed by atoms with Crippen LogP contribution in [0.25, 0.3) is 5.76 Å². The highest BCUT2D eigenvalue weighted by Crippen LogP contribution is 2.41. The monoisotopic (exact) mass is 520 g/mol. The van der Waals surface area contributed by atoms with Gasteiger partial charge in [-0.05, 0) is 55.6 Å². The third-order valence-electron chi connectivity index (χ3n) is 6.19. The Bertz CT molecular complexity index is 1310. The number of Topliss-reactive ketones (excluding diaryl/α,β-unsaturated/α-hetero) is 1. The molecule has 0 aliphatic carbocycles. The molecule has 0 spiro atoms. The van der Waals surface area contributed by atoms with Crippen molar-refractivity contribution >= 4 is 29.1 Å². The first-order valence-electron chi connectivity index (χ1n) is 11.8. The number of aliphatic hydroxyl groups is 1. The highest BCUT2D eigenvalue weighted by atomic mass is 35.5. The van der Waals surface area contributed by atoms with Crippen LogP contribution >= 0.6 is 11.6 Å². The zero-order valence-corrected chi connectivity index (χ0v) is 21.7. The van der Waals surface area contributed by atoms with Gasteiger partial charge in [-0.15, -0.1) is 0 Å². The molecule has 1 N–H and O–H groups in total. The van der Waals surface area contributed by atoms with Gasteiger partial charge in [0.25, 0.3) is 11.7 Å². The average molecular weight is 521 g/mol. The first kappa shape index (κ1) is 26.3. The Morgan fingerprint density at radius 3 is 2.38 bits per heavy atom. The van der Waals surface area contributed by atoms with Crippen LogP contribution in [0.1, 0.15) is 22.7 Å². The number of carbonyl (C=O) groups is 2. The summed E-state index contributed by atoms with van der Waals surface area (Å²) in [5.74, 6) is -0.773. The van der Waals surface area contributed by atoms with Crippen LogP contribution in [0.4, 0.5) is 0 Å². The third-order valence-corrected chi connectivity index (χ3v) is 6.42. The molecule has 8 heteroatoms. The molecule has 1 heterocycles. The van der Waals surface area contributed by atoms with E-state index >= 15 is 0 Å². The molecule has 3 aromatic carbocycles. The van der Waals surface area contributed by atoms with Crippen LogP contribution < -0.4 is 9.47 Å². The van der Waals surface area contributed by atoms with Crippen molar-refractivity contribution in [1.29, 1.82) is 0 Å². The summed E-state index contributed by atoms with van der Waals surface area (Å²) in [6.07, 6.45) is 0. The maximum atomic E-state index is 13.2. The van der Waals surface area contributed by atoms with Crippen molar-refractivity contribution in [3.8, 4) is 11.5 Å². The summed E-state index contributed by atoms with van der Waals surface area (Å²) in [4.78, 5) is 29.8. The molecule has 1 unspecified atom stereocenters. The van der Waals surface area contributed by atoms with Crippen LogP contribution in [-0.4, -0.2) is 60.9 Å². The Hall–Kier alpha value is -3.81. The fraction of sp³-hybridized carbons (Fsp3) is 0.241. The molecule has 1 aliphatic heterocycles. The number of ketones is 1. The van der Waals surface area contributed by atoms with Gasteiger partial charge in [-0.1, -0.05) is 54.1 Å². The Morgan fingerprint density at radius 1 is 1.03 bits per heavy atom. The molecule has 1 atom stereocenters. The quantitative estimate of drug-likeness (QED) is 0.245. The number of ether oxygens (including phenoxy) is 2. The van der Waals surface area contributed by atoms with E-state index in [1.807, 2.05) is 61.5 Å². The predicted octanol–water partition coefficient (Wildman–Crippen LogP) is 4.91. The third kappa shape index (κ3) is 5.79. The fourth-order valence-electron chi connectivity index (χ4n) is 4.26. The van der Waals surface area contributed by atoms with Crippen molar-refractivity contribution < 1.29 is 24.2 Å². The van der Waals surface area contributed by atoms with Crippen molar-refractivity contribution in [3.05, 3.63) is 100 Å². The number of benzene rings is 3. The first-order chi connectivity index (χ1) is 17.8. The Kier molecular flexibility index (Phi) is 8.16. The van der Waals surface area contributed by atoms with E-state index in [0.29, 0.717) is 41.8 Å². The normalized spacial score (nSPS) is 16.9. The maximum absolute atomic E-state index is 13.2. The summed E-state index contributed by atoms with van der Waals surface area (Å²) in [7, 11) is 5.24. The van der Waals surface area contributed by atoms with E-state index in [9.17, 15) is 14.7 Å². The summed E-state index contributed by atoms with van der Waals surface area (Å²) in [6.45, 7) is 1.26. The molecule has 1 aliphatic rings. The zero-order valence-electron chi connectivity index (χ0n) is 21.0. The van der Waals surface area contributed by atoms with Crippen molar-refractivity contribution in [3.63, 3.8) is 0 Å². The number of methoxy groups -OCH3 is 1. The summed E-state index contributed by atoms with van der Waals surface area (Å²) >= 11 is 6.18. The van der Waals surface area contributed by atoms with Gasteiger partial charge in [0.15, 0.2) is 0 Å². The molecular weight excluding hydrogens is 492 g/mol. The molecule has 1 saturated heterocycles. The second-order valence-electron chi connectivity index (χ2n) is 8.98. The lowest BCUT2D eigenvalue weighted by Gasteiger charge is -2.26. The van der Waals surface area contributed by atoms with Crippen LogP contribution in [0.3, 0.4) is 0 Å². The number of likely N-dealkylation sites (N-methyl/N-ethyl adjacent to an activating group) is 1. The molecule has 0 radical (unpaired) electrons. The van der Waals surface area contributed by atoms with Gasteiger partial charge in [-0.3, -0.25) is 9.59 Å². The zero-order chi connectivity index (χ0) is 26.5. The lowest BCUT2D eigenvalue weighted by Crippen LogP contribution is -2.35. The van der Waals surface area contributed by atoms with E-state index in [1.54, 1.807) is 24.3 Å². The average Bonchev–Trinajstić information content (AvgIpc) is 3.16. The lowest BCUT2D eigenvalue weighted by atomic mass is 9.95. The van der Waals surface area contributed by atoms with Crippen LogP contribution in [0.5, 0.6) is 11.5 Å². The number of nitrogens with zero attached hydrogens (tertiary/aromatic N) is 2. The van der Waals surface area contributed by atoms with E-state index in [0.717, 1.165) is 5.56 Å². The van der Waals surface area contributed by atoms with Crippen molar-refractivity contribution in [2.45, 2.75) is 12.6 Å². The largest absolute Gasteiger partial charge is 0.507 e. The molecule has 0 bridgehead atoms. The molecule has 0 saturated carbocycles. The minimum Gasteiger partial charge on any atom is -0.507 e. The molecular formula is C29H29ClN2O5. The Morgan fingerprint density at radius 2 is 1.73 bits per heavy atom.